The second kappa shape index (κ2) is 7.92. The van der Waals surface area contributed by atoms with Crippen LogP contribution in [0.4, 0.5) is 0 Å². The van der Waals surface area contributed by atoms with E-state index >= 15 is 0 Å². The molecule has 1 heterocycles. The van der Waals surface area contributed by atoms with Crippen LogP contribution in [0.1, 0.15) is 38.2 Å². The molecule has 0 aromatic heterocycles. The fourth-order valence-electron chi connectivity index (χ4n) is 3.67. The molecular weight excluding hydrogens is 258 g/mol. The van der Waals surface area contributed by atoms with E-state index in [1.165, 1.54) is 31.5 Å². The lowest BCUT2D eigenvalue weighted by Crippen LogP contribution is -2.51. The highest BCUT2D eigenvalue weighted by Gasteiger charge is 2.31. The molecule has 3 atom stereocenters. The molecule has 1 aliphatic heterocycles. The molecule has 3 nitrogen and oxygen atoms in total. The smallest absolute Gasteiger partial charge is 0.0287 e. The number of likely N-dealkylation sites (N-methyl/N-ethyl adjacent to an activating group) is 1. The second-order valence-electron chi connectivity index (χ2n) is 6.42. The summed E-state index contributed by atoms with van der Waals surface area (Å²) in [5.74, 6) is 0.480. The van der Waals surface area contributed by atoms with Gasteiger partial charge in [-0.25, -0.2) is 0 Å². The summed E-state index contributed by atoms with van der Waals surface area (Å²) < 4.78 is 0. The SMILES string of the molecule is CCC1CN(C)CCCN1C(CN)C(C)c1ccccc1. The quantitative estimate of drug-likeness (QED) is 0.904. The lowest BCUT2D eigenvalue weighted by Gasteiger charge is -2.39. The molecule has 1 saturated heterocycles. The van der Waals surface area contributed by atoms with Gasteiger partial charge in [0.2, 0.25) is 0 Å². The van der Waals surface area contributed by atoms with Crippen LogP contribution >= 0.6 is 0 Å². The van der Waals surface area contributed by atoms with E-state index in [1.807, 2.05) is 0 Å². The standard InChI is InChI=1S/C18H31N3/c1-4-17-14-20(3)11-8-12-21(17)18(13-19)15(2)16-9-6-5-7-10-16/h5-7,9-10,15,17-18H,4,8,11-14,19H2,1-3H3. The molecule has 0 spiro atoms. The van der Waals surface area contributed by atoms with E-state index in [9.17, 15) is 0 Å². The fourth-order valence-corrected chi connectivity index (χ4v) is 3.67. The van der Waals surface area contributed by atoms with Crippen LogP contribution in [0.5, 0.6) is 0 Å². The molecule has 0 bridgehead atoms. The fraction of sp³-hybridized carbons (Fsp3) is 0.667. The summed E-state index contributed by atoms with van der Waals surface area (Å²) in [6.45, 7) is 8.89. The zero-order valence-corrected chi connectivity index (χ0v) is 13.8. The summed E-state index contributed by atoms with van der Waals surface area (Å²) in [6, 6.07) is 11.9. The molecule has 1 aromatic carbocycles. The largest absolute Gasteiger partial charge is 0.329 e. The van der Waals surface area contributed by atoms with E-state index in [0.717, 1.165) is 13.1 Å². The van der Waals surface area contributed by atoms with Gasteiger partial charge >= 0.3 is 0 Å². The van der Waals surface area contributed by atoms with Crippen LogP contribution in [0, 0.1) is 0 Å². The van der Waals surface area contributed by atoms with Gasteiger partial charge in [-0.05, 0) is 37.9 Å². The van der Waals surface area contributed by atoms with E-state index < -0.39 is 0 Å². The van der Waals surface area contributed by atoms with Crippen molar-refractivity contribution in [3.05, 3.63) is 35.9 Å². The molecule has 0 amide bonds. The van der Waals surface area contributed by atoms with Crippen LogP contribution in [-0.2, 0) is 0 Å². The first-order valence-electron chi connectivity index (χ1n) is 8.36. The van der Waals surface area contributed by atoms with Gasteiger partial charge in [-0.3, -0.25) is 4.90 Å². The Kier molecular flexibility index (Phi) is 6.22. The minimum absolute atomic E-state index is 0.434. The first kappa shape index (κ1) is 16.5. The summed E-state index contributed by atoms with van der Waals surface area (Å²) in [7, 11) is 2.24. The van der Waals surface area contributed by atoms with E-state index in [4.69, 9.17) is 5.73 Å². The Morgan fingerprint density at radius 2 is 1.95 bits per heavy atom. The first-order chi connectivity index (χ1) is 10.2. The van der Waals surface area contributed by atoms with E-state index in [1.54, 1.807) is 0 Å². The second-order valence-corrected chi connectivity index (χ2v) is 6.42. The Bertz CT molecular complexity index is 406. The molecule has 2 N–H and O–H groups in total. The Labute approximate surface area is 130 Å². The Hall–Kier alpha value is -0.900. The highest BCUT2D eigenvalue weighted by Crippen LogP contribution is 2.26. The third kappa shape index (κ3) is 4.06. The van der Waals surface area contributed by atoms with Crippen molar-refractivity contribution in [2.75, 3.05) is 33.2 Å². The van der Waals surface area contributed by atoms with Gasteiger partial charge in [0.15, 0.2) is 0 Å². The minimum Gasteiger partial charge on any atom is -0.329 e. The molecule has 0 saturated carbocycles. The molecule has 1 aromatic rings. The lowest BCUT2D eigenvalue weighted by atomic mass is 9.91. The molecule has 2 rings (SSSR count). The minimum atomic E-state index is 0.434. The number of nitrogens with zero attached hydrogens (tertiary/aromatic N) is 2. The molecule has 3 heteroatoms. The van der Waals surface area contributed by atoms with Crippen molar-refractivity contribution < 1.29 is 0 Å². The number of nitrogens with two attached hydrogens (primary N) is 1. The van der Waals surface area contributed by atoms with E-state index in [0.29, 0.717) is 18.0 Å². The zero-order valence-electron chi connectivity index (χ0n) is 13.8. The van der Waals surface area contributed by atoms with Gasteiger partial charge in [-0.2, -0.15) is 0 Å². The molecular formula is C18H31N3. The van der Waals surface area contributed by atoms with Crippen LogP contribution < -0.4 is 5.73 Å². The predicted octanol–water partition coefficient (Wildman–Crippen LogP) is 2.53. The van der Waals surface area contributed by atoms with Gasteiger partial charge in [-0.1, -0.05) is 44.2 Å². The first-order valence-corrected chi connectivity index (χ1v) is 8.36. The Morgan fingerprint density at radius 3 is 2.57 bits per heavy atom. The van der Waals surface area contributed by atoms with Gasteiger partial charge in [0.1, 0.15) is 0 Å². The van der Waals surface area contributed by atoms with Crippen LogP contribution in [-0.4, -0.2) is 55.1 Å². The van der Waals surface area contributed by atoms with Gasteiger partial charge < -0.3 is 10.6 Å². The Morgan fingerprint density at radius 1 is 1.24 bits per heavy atom. The maximum Gasteiger partial charge on any atom is 0.0287 e. The molecule has 1 aliphatic rings. The summed E-state index contributed by atoms with van der Waals surface area (Å²) in [4.78, 5) is 5.15. The molecule has 3 unspecified atom stereocenters. The molecule has 21 heavy (non-hydrogen) atoms. The average Bonchev–Trinajstić information content (AvgIpc) is 2.70. The van der Waals surface area contributed by atoms with Crippen LogP contribution in [0.25, 0.3) is 0 Å². The third-order valence-corrected chi connectivity index (χ3v) is 4.99. The molecule has 118 valence electrons. The van der Waals surface area contributed by atoms with Crippen molar-refractivity contribution in [3.63, 3.8) is 0 Å². The lowest BCUT2D eigenvalue weighted by molar-refractivity contribution is 0.116. The zero-order chi connectivity index (χ0) is 15.2. The maximum absolute atomic E-state index is 6.19. The maximum atomic E-state index is 6.19. The van der Waals surface area contributed by atoms with Crippen molar-refractivity contribution in [2.24, 2.45) is 5.73 Å². The van der Waals surface area contributed by atoms with Crippen molar-refractivity contribution in [3.8, 4) is 0 Å². The summed E-state index contributed by atoms with van der Waals surface area (Å²) in [6.07, 6.45) is 2.44. The monoisotopic (exact) mass is 289 g/mol. The van der Waals surface area contributed by atoms with Gasteiger partial charge in [0.05, 0.1) is 0 Å². The van der Waals surface area contributed by atoms with Crippen molar-refractivity contribution in [1.29, 1.82) is 0 Å². The summed E-state index contributed by atoms with van der Waals surface area (Å²) in [5.41, 5.74) is 7.59. The van der Waals surface area contributed by atoms with Gasteiger partial charge in [0, 0.05) is 31.7 Å². The summed E-state index contributed by atoms with van der Waals surface area (Å²) in [5, 5.41) is 0. The van der Waals surface area contributed by atoms with Crippen molar-refractivity contribution >= 4 is 0 Å². The van der Waals surface area contributed by atoms with E-state index in [2.05, 4.69) is 61.0 Å². The van der Waals surface area contributed by atoms with Crippen LogP contribution in [0.15, 0.2) is 30.3 Å². The topological polar surface area (TPSA) is 32.5 Å². The number of rotatable bonds is 5. The number of hydrogen-bond acceptors (Lipinski definition) is 3. The van der Waals surface area contributed by atoms with Gasteiger partial charge in [-0.15, -0.1) is 0 Å². The highest BCUT2D eigenvalue weighted by atomic mass is 15.3. The van der Waals surface area contributed by atoms with Crippen molar-refractivity contribution in [2.45, 2.75) is 44.7 Å². The average molecular weight is 289 g/mol. The van der Waals surface area contributed by atoms with Crippen molar-refractivity contribution in [1.82, 2.24) is 9.80 Å². The number of hydrogen-bond donors (Lipinski definition) is 1. The molecule has 0 radical (unpaired) electrons. The molecule has 1 fully saturated rings. The Balaban J connectivity index is 2.18. The normalized spacial score (nSPS) is 24.5. The van der Waals surface area contributed by atoms with Gasteiger partial charge in [0.25, 0.3) is 0 Å². The highest BCUT2D eigenvalue weighted by molar-refractivity contribution is 5.21. The van der Waals surface area contributed by atoms with Crippen LogP contribution in [0.3, 0.4) is 0 Å². The predicted molar refractivity (Wildman–Crippen MR) is 90.6 cm³/mol. The summed E-state index contributed by atoms with van der Waals surface area (Å²) >= 11 is 0. The molecule has 0 aliphatic carbocycles. The van der Waals surface area contributed by atoms with Crippen LogP contribution in [0.2, 0.25) is 0 Å². The number of benzene rings is 1. The third-order valence-electron chi connectivity index (χ3n) is 4.99. The van der Waals surface area contributed by atoms with E-state index in [-0.39, 0.29) is 0 Å².